The Morgan fingerprint density at radius 1 is 1.21 bits per heavy atom. The molecule has 3 rings (SSSR count). The number of hydrogen-bond acceptors (Lipinski definition) is 1. The summed E-state index contributed by atoms with van der Waals surface area (Å²) < 4.78 is 19.1. The summed E-state index contributed by atoms with van der Waals surface area (Å²) in [5, 5.41) is 0. The summed E-state index contributed by atoms with van der Waals surface area (Å²) in [6.45, 7) is 0.763. The van der Waals surface area contributed by atoms with Crippen LogP contribution in [-0.4, -0.2) is 6.61 Å². The molecule has 0 bridgehead atoms. The Balaban J connectivity index is 1.81. The van der Waals surface area contributed by atoms with Gasteiger partial charge < -0.3 is 4.74 Å². The van der Waals surface area contributed by atoms with Gasteiger partial charge in [0.15, 0.2) is 0 Å². The minimum Gasteiger partial charge on any atom is -0.493 e. The van der Waals surface area contributed by atoms with Crippen molar-refractivity contribution < 1.29 is 9.13 Å². The van der Waals surface area contributed by atoms with E-state index in [4.69, 9.17) is 4.74 Å². The summed E-state index contributed by atoms with van der Waals surface area (Å²) in [6.07, 6.45) is 1.61. The van der Waals surface area contributed by atoms with Crippen molar-refractivity contribution in [3.8, 4) is 5.75 Å². The molecule has 0 saturated carbocycles. The molecule has 0 aromatic heterocycles. The van der Waals surface area contributed by atoms with Crippen LogP contribution in [0.25, 0.3) is 0 Å². The predicted molar refractivity (Wildman–Crippen MR) is 77.4 cm³/mol. The van der Waals surface area contributed by atoms with Crippen LogP contribution in [0.2, 0.25) is 0 Å². The smallest absolute Gasteiger partial charge is 0.126 e. The molecule has 1 atom stereocenters. The van der Waals surface area contributed by atoms with Crippen LogP contribution in [0, 0.1) is 5.82 Å². The average Bonchev–Trinajstić information content (AvgIpc) is 2.88. The lowest BCUT2D eigenvalue weighted by Gasteiger charge is -2.12. The van der Waals surface area contributed by atoms with E-state index in [1.54, 1.807) is 6.07 Å². The summed E-state index contributed by atoms with van der Waals surface area (Å²) in [5.74, 6) is 0.839. The zero-order valence-corrected chi connectivity index (χ0v) is 12.0. The van der Waals surface area contributed by atoms with Crippen LogP contribution in [0.1, 0.15) is 21.5 Å². The standard InChI is InChI=1S/C16H14BrFO/c17-14(10-12-3-1-2-4-15(12)18)11-5-6-16-13(9-11)7-8-19-16/h1-6,9,14H,7-8,10H2. The molecule has 1 unspecified atom stereocenters. The van der Waals surface area contributed by atoms with E-state index < -0.39 is 0 Å². The van der Waals surface area contributed by atoms with Gasteiger partial charge in [0.1, 0.15) is 11.6 Å². The molecule has 1 nitrogen and oxygen atoms in total. The summed E-state index contributed by atoms with van der Waals surface area (Å²) in [4.78, 5) is 0.121. The Hall–Kier alpha value is -1.35. The third-order valence-electron chi connectivity index (χ3n) is 3.43. The van der Waals surface area contributed by atoms with Gasteiger partial charge in [0.25, 0.3) is 0 Å². The predicted octanol–water partition coefficient (Wildman–Crippen LogP) is 4.44. The van der Waals surface area contributed by atoms with Crippen LogP contribution in [0.3, 0.4) is 0 Å². The van der Waals surface area contributed by atoms with E-state index in [1.165, 1.54) is 17.2 Å². The van der Waals surface area contributed by atoms with E-state index >= 15 is 0 Å². The summed E-state index contributed by atoms with van der Waals surface area (Å²) in [7, 11) is 0. The van der Waals surface area contributed by atoms with Gasteiger partial charge in [-0.1, -0.05) is 46.3 Å². The second kappa shape index (κ2) is 5.33. The highest BCUT2D eigenvalue weighted by Gasteiger charge is 2.16. The Bertz CT molecular complexity index is 597. The number of halogens is 2. The molecule has 0 amide bonds. The first kappa shape index (κ1) is 12.7. The van der Waals surface area contributed by atoms with Crippen molar-refractivity contribution >= 4 is 15.9 Å². The Morgan fingerprint density at radius 3 is 2.89 bits per heavy atom. The van der Waals surface area contributed by atoms with Crippen molar-refractivity contribution in [2.75, 3.05) is 6.61 Å². The monoisotopic (exact) mass is 320 g/mol. The fraction of sp³-hybridized carbons (Fsp3) is 0.250. The average molecular weight is 321 g/mol. The van der Waals surface area contributed by atoms with Gasteiger partial charge >= 0.3 is 0 Å². The van der Waals surface area contributed by atoms with Crippen molar-refractivity contribution in [1.82, 2.24) is 0 Å². The number of rotatable bonds is 3. The van der Waals surface area contributed by atoms with Gasteiger partial charge in [-0.2, -0.15) is 0 Å². The van der Waals surface area contributed by atoms with Crippen molar-refractivity contribution in [2.24, 2.45) is 0 Å². The highest BCUT2D eigenvalue weighted by molar-refractivity contribution is 9.09. The molecular weight excluding hydrogens is 307 g/mol. The molecule has 2 aromatic carbocycles. The van der Waals surface area contributed by atoms with E-state index in [1.807, 2.05) is 24.3 Å². The molecule has 0 radical (unpaired) electrons. The topological polar surface area (TPSA) is 9.23 Å². The molecule has 0 fully saturated rings. The molecule has 1 aliphatic heterocycles. The molecule has 2 aromatic rings. The maximum Gasteiger partial charge on any atom is 0.126 e. The maximum absolute atomic E-state index is 13.6. The quantitative estimate of drug-likeness (QED) is 0.760. The van der Waals surface area contributed by atoms with Gasteiger partial charge in [0.2, 0.25) is 0 Å². The van der Waals surface area contributed by atoms with E-state index in [-0.39, 0.29) is 10.6 Å². The molecule has 0 saturated heterocycles. The number of ether oxygens (including phenoxy) is 1. The molecule has 3 heteroatoms. The van der Waals surface area contributed by atoms with Gasteiger partial charge in [-0.25, -0.2) is 4.39 Å². The van der Waals surface area contributed by atoms with Crippen LogP contribution < -0.4 is 4.74 Å². The summed E-state index contributed by atoms with van der Waals surface area (Å²) in [5.41, 5.74) is 3.16. The van der Waals surface area contributed by atoms with Crippen LogP contribution in [0.5, 0.6) is 5.75 Å². The molecule has 0 spiro atoms. The SMILES string of the molecule is Fc1ccccc1CC(Br)c1ccc2c(c1)CCO2. The summed E-state index contributed by atoms with van der Waals surface area (Å²) in [6, 6.07) is 13.1. The van der Waals surface area contributed by atoms with Crippen LogP contribution >= 0.6 is 15.9 Å². The van der Waals surface area contributed by atoms with Crippen molar-refractivity contribution in [2.45, 2.75) is 17.7 Å². The Morgan fingerprint density at radius 2 is 2.05 bits per heavy atom. The van der Waals surface area contributed by atoms with E-state index in [0.717, 1.165) is 24.3 Å². The molecule has 1 aliphatic rings. The minimum atomic E-state index is -0.142. The number of alkyl halides is 1. The van der Waals surface area contributed by atoms with Gasteiger partial charge in [-0.3, -0.25) is 0 Å². The Kier molecular flexibility index (Phi) is 3.56. The second-order valence-corrected chi connectivity index (χ2v) is 5.83. The fourth-order valence-corrected chi connectivity index (χ4v) is 3.01. The largest absolute Gasteiger partial charge is 0.493 e. The van der Waals surface area contributed by atoms with Gasteiger partial charge in [-0.15, -0.1) is 0 Å². The molecule has 0 N–H and O–H groups in total. The van der Waals surface area contributed by atoms with E-state index in [9.17, 15) is 4.39 Å². The normalized spacial score (nSPS) is 14.8. The lowest BCUT2D eigenvalue weighted by atomic mass is 10.0. The van der Waals surface area contributed by atoms with Gasteiger partial charge in [0.05, 0.1) is 6.61 Å². The number of benzene rings is 2. The van der Waals surface area contributed by atoms with Crippen molar-refractivity contribution in [3.63, 3.8) is 0 Å². The Labute approximate surface area is 120 Å². The first-order valence-corrected chi connectivity index (χ1v) is 7.29. The molecule has 1 heterocycles. The zero-order chi connectivity index (χ0) is 13.2. The van der Waals surface area contributed by atoms with Crippen LogP contribution in [-0.2, 0) is 12.8 Å². The molecule has 19 heavy (non-hydrogen) atoms. The third-order valence-corrected chi connectivity index (χ3v) is 4.28. The van der Waals surface area contributed by atoms with Crippen LogP contribution in [0.4, 0.5) is 4.39 Å². The second-order valence-electron chi connectivity index (χ2n) is 4.73. The first-order valence-electron chi connectivity index (χ1n) is 6.37. The number of fused-ring (bicyclic) bond motifs is 1. The van der Waals surface area contributed by atoms with Crippen LogP contribution in [0.15, 0.2) is 42.5 Å². The molecule has 98 valence electrons. The highest BCUT2D eigenvalue weighted by atomic mass is 79.9. The van der Waals surface area contributed by atoms with E-state index in [2.05, 4.69) is 22.0 Å². The minimum absolute atomic E-state index is 0.121. The maximum atomic E-state index is 13.6. The zero-order valence-electron chi connectivity index (χ0n) is 10.4. The first-order chi connectivity index (χ1) is 9.24. The summed E-state index contributed by atoms with van der Waals surface area (Å²) >= 11 is 3.66. The van der Waals surface area contributed by atoms with Gasteiger partial charge in [-0.05, 0) is 35.2 Å². The fourth-order valence-electron chi connectivity index (χ4n) is 2.38. The highest BCUT2D eigenvalue weighted by Crippen LogP contribution is 2.33. The van der Waals surface area contributed by atoms with E-state index in [0.29, 0.717) is 6.42 Å². The lowest BCUT2D eigenvalue weighted by Crippen LogP contribution is -1.98. The lowest BCUT2D eigenvalue weighted by molar-refractivity contribution is 0.357. The van der Waals surface area contributed by atoms with Gasteiger partial charge in [0, 0.05) is 11.2 Å². The molecular formula is C16H14BrFO. The molecule has 0 aliphatic carbocycles. The number of hydrogen-bond donors (Lipinski definition) is 0. The van der Waals surface area contributed by atoms with Crippen molar-refractivity contribution in [3.05, 3.63) is 65.0 Å². The third kappa shape index (κ3) is 2.66. The van der Waals surface area contributed by atoms with Crippen molar-refractivity contribution in [1.29, 1.82) is 0 Å².